The van der Waals surface area contributed by atoms with Crippen LogP contribution >= 0.6 is 0 Å². The van der Waals surface area contributed by atoms with Gasteiger partial charge in [-0.2, -0.15) is 0 Å². The van der Waals surface area contributed by atoms with Crippen molar-refractivity contribution in [2.45, 2.75) is 19.5 Å². The molecule has 0 aliphatic carbocycles. The largest absolute Gasteiger partial charge is 0.304 e. The minimum absolute atomic E-state index is 0.133. The Kier molecular flexibility index (Phi) is 3.78. The van der Waals surface area contributed by atoms with Gasteiger partial charge in [0.25, 0.3) is 11.8 Å². The van der Waals surface area contributed by atoms with Gasteiger partial charge in [0.05, 0.1) is 17.3 Å². The third-order valence-electron chi connectivity index (χ3n) is 4.45. The molecular weight excluding hydrogens is 266 g/mol. The van der Waals surface area contributed by atoms with E-state index in [1.165, 1.54) is 4.90 Å². The zero-order chi connectivity index (χ0) is 15.0. The number of hydrogen-bond donors (Lipinski definition) is 0. The number of amides is 2. The monoisotopic (exact) mass is 287 g/mol. The van der Waals surface area contributed by atoms with Crippen molar-refractivity contribution in [2.75, 3.05) is 33.2 Å². The van der Waals surface area contributed by atoms with Crippen molar-refractivity contribution in [1.82, 2.24) is 14.7 Å². The Morgan fingerprint density at radius 1 is 1.00 bits per heavy atom. The van der Waals surface area contributed by atoms with Crippen LogP contribution in [-0.2, 0) is 0 Å². The first-order valence-corrected chi connectivity index (χ1v) is 7.53. The fraction of sp³-hybridized carbons (Fsp3) is 0.500. The molecule has 1 unspecified atom stereocenters. The minimum Gasteiger partial charge on any atom is -0.304 e. The van der Waals surface area contributed by atoms with Crippen LogP contribution in [0.3, 0.4) is 0 Å². The molecule has 2 heterocycles. The third kappa shape index (κ3) is 2.36. The molecule has 21 heavy (non-hydrogen) atoms. The molecule has 0 saturated carbocycles. The average molecular weight is 287 g/mol. The molecular formula is C16H21N3O2. The smallest absolute Gasteiger partial charge is 0.262 e. The Morgan fingerprint density at radius 3 is 2.00 bits per heavy atom. The molecule has 1 aromatic rings. The molecule has 0 spiro atoms. The molecule has 1 saturated heterocycles. The first-order valence-electron chi connectivity index (χ1n) is 7.53. The molecule has 5 heteroatoms. The number of piperazine rings is 1. The van der Waals surface area contributed by atoms with Gasteiger partial charge in [0.2, 0.25) is 0 Å². The van der Waals surface area contributed by atoms with Crippen molar-refractivity contribution in [2.24, 2.45) is 0 Å². The number of carbonyl (C=O) groups is 2. The van der Waals surface area contributed by atoms with Gasteiger partial charge in [0.1, 0.15) is 0 Å². The number of carbonyl (C=O) groups excluding carboxylic acids is 2. The van der Waals surface area contributed by atoms with Gasteiger partial charge in [-0.25, -0.2) is 0 Å². The van der Waals surface area contributed by atoms with E-state index in [4.69, 9.17) is 0 Å². The van der Waals surface area contributed by atoms with Gasteiger partial charge in [0.15, 0.2) is 0 Å². The van der Waals surface area contributed by atoms with E-state index in [9.17, 15) is 9.59 Å². The van der Waals surface area contributed by atoms with Crippen molar-refractivity contribution in [1.29, 1.82) is 0 Å². The van der Waals surface area contributed by atoms with Gasteiger partial charge in [-0.15, -0.1) is 0 Å². The molecule has 0 aromatic heterocycles. The highest BCUT2D eigenvalue weighted by Crippen LogP contribution is 2.27. The number of hydrogen-bond acceptors (Lipinski definition) is 4. The van der Waals surface area contributed by atoms with Crippen LogP contribution in [0.25, 0.3) is 0 Å². The predicted molar refractivity (Wildman–Crippen MR) is 80.1 cm³/mol. The molecule has 1 fully saturated rings. The number of likely N-dealkylation sites (N-methyl/N-ethyl adjacent to an activating group) is 1. The first-order chi connectivity index (χ1) is 10.1. The number of fused-ring (bicyclic) bond motifs is 1. The Hall–Kier alpha value is -1.72. The van der Waals surface area contributed by atoms with E-state index in [0.29, 0.717) is 11.1 Å². The second-order valence-corrected chi connectivity index (χ2v) is 5.75. The maximum atomic E-state index is 12.6. The van der Waals surface area contributed by atoms with E-state index in [1.807, 2.05) is 19.1 Å². The van der Waals surface area contributed by atoms with Crippen LogP contribution in [0.5, 0.6) is 0 Å². The lowest BCUT2D eigenvalue weighted by molar-refractivity contribution is 0.0156. The van der Waals surface area contributed by atoms with E-state index in [-0.39, 0.29) is 18.0 Å². The van der Waals surface area contributed by atoms with Gasteiger partial charge in [0, 0.05) is 26.2 Å². The molecule has 1 aromatic carbocycles. The number of rotatable bonds is 3. The van der Waals surface area contributed by atoms with E-state index >= 15 is 0 Å². The van der Waals surface area contributed by atoms with Crippen molar-refractivity contribution < 1.29 is 9.59 Å². The van der Waals surface area contributed by atoms with Crippen LogP contribution in [0.1, 0.15) is 34.1 Å². The van der Waals surface area contributed by atoms with Gasteiger partial charge in [-0.1, -0.05) is 19.1 Å². The highest BCUT2D eigenvalue weighted by molar-refractivity contribution is 6.21. The number of imide groups is 1. The van der Waals surface area contributed by atoms with Crippen LogP contribution in [0, 0.1) is 0 Å². The molecule has 1 atom stereocenters. The average Bonchev–Trinajstić information content (AvgIpc) is 2.76. The highest BCUT2D eigenvalue weighted by atomic mass is 16.2. The van der Waals surface area contributed by atoms with Crippen molar-refractivity contribution in [3.8, 4) is 0 Å². The van der Waals surface area contributed by atoms with Crippen LogP contribution in [0.2, 0.25) is 0 Å². The summed E-state index contributed by atoms with van der Waals surface area (Å²) in [5.74, 6) is -0.303. The summed E-state index contributed by atoms with van der Waals surface area (Å²) >= 11 is 0. The summed E-state index contributed by atoms with van der Waals surface area (Å²) in [5.41, 5.74) is 1.07. The lowest BCUT2D eigenvalue weighted by Crippen LogP contribution is -2.56. The summed E-state index contributed by atoms with van der Waals surface area (Å²) in [5, 5.41) is 0. The minimum atomic E-state index is -0.152. The van der Waals surface area contributed by atoms with E-state index in [2.05, 4.69) is 16.8 Å². The molecule has 112 valence electrons. The molecule has 2 aliphatic heterocycles. The summed E-state index contributed by atoms with van der Waals surface area (Å²) in [6.45, 7) is 5.76. The Balaban J connectivity index is 1.86. The van der Waals surface area contributed by atoms with Crippen LogP contribution in [0.4, 0.5) is 0 Å². The SMILES string of the molecule is CCC(N1CCN(C)CC1)N1C(=O)c2ccccc2C1=O. The molecule has 3 rings (SSSR count). The maximum Gasteiger partial charge on any atom is 0.262 e. The number of nitrogens with zero attached hydrogens (tertiary/aromatic N) is 3. The molecule has 2 aliphatic rings. The van der Waals surface area contributed by atoms with Crippen molar-refractivity contribution >= 4 is 11.8 Å². The van der Waals surface area contributed by atoms with E-state index in [0.717, 1.165) is 32.6 Å². The lowest BCUT2D eigenvalue weighted by Gasteiger charge is -2.40. The topological polar surface area (TPSA) is 43.9 Å². The summed E-state index contributed by atoms with van der Waals surface area (Å²) in [6.07, 6.45) is 0.626. The summed E-state index contributed by atoms with van der Waals surface area (Å²) in [7, 11) is 2.10. The summed E-state index contributed by atoms with van der Waals surface area (Å²) < 4.78 is 0. The Labute approximate surface area is 125 Å². The van der Waals surface area contributed by atoms with Gasteiger partial charge in [-0.05, 0) is 25.6 Å². The summed E-state index contributed by atoms with van der Waals surface area (Å²) in [4.78, 5) is 31.1. The fourth-order valence-electron chi connectivity index (χ4n) is 3.20. The van der Waals surface area contributed by atoms with Crippen molar-refractivity contribution in [3.05, 3.63) is 35.4 Å². The zero-order valence-electron chi connectivity index (χ0n) is 12.6. The first kappa shape index (κ1) is 14.2. The molecule has 0 bridgehead atoms. The molecule has 5 nitrogen and oxygen atoms in total. The van der Waals surface area contributed by atoms with Crippen LogP contribution < -0.4 is 0 Å². The quantitative estimate of drug-likeness (QED) is 0.785. The zero-order valence-corrected chi connectivity index (χ0v) is 12.6. The van der Waals surface area contributed by atoms with E-state index in [1.54, 1.807) is 12.1 Å². The molecule has 0 N–H and O–H groups in total. The standard InChI is InChI=1S/C16H21N3O2/c1-3-14(18-10-8-17(2)9-11-18)19-15(20)12-6-4-5-7-13(12)16(19)21/h4-7,14H,3,8-11H2,1-2H3. The predicted octanol–water partition coefficient (Wildman–Crippen LogP) is 1.27. The summed E-state index contributed by atoms with van der Waals surface area (Å²) in [6, 6.07) is 7.10. The third-order valence-corrected chi connectivity index (χ3v) is 4.45. The normalized spacial score (nSPS) is 21.7. The fourth-order valence-corrected chi connectivity index (χ4v) is 3.20. The molecule has 0 radical (unpaired) electrons. The maximum absolute atomic E-state index is 12.6. The van der Waals surface area contributed by atoms with Crippen LogP contribution in [-0.4, -0.2) is 65.9 Å². The van der Waals surface area contributed by atoms with Gasteiger partial charge < -0.3 is 4.90 Å². The molecule has 2 amide bonds. The Morgan fingerprint density at radius 2 is 1.52 bits per heavy atom. The van der Waals surface area contributed by atoms with Crippen LogP contribution in [0.15, 0.2) is 24.3 Å². The van der Waals surface area contributed by atoms with E-state index < -0.39 is 0 Å². The number of benzene rings is 1. The Bertz CT molecular complexity index is 529. The second-order valence-electron chi connectivity index (χ2n) is 5.75. The lowest BCUT2D eigenvalue weighted by atomic mass is 10.1. The highest BCUT2D eigenvalue weighted by Gasteiger charge is 2.41. The van der Waals surface area contributed by atoms with Gasteiger partial charge >= 0.3 is 0 Å². The van der Waals surface area contributed by atoms with Crippen molar-refractivity contribution in [3.63, 3.8) is 0 Å². The van der Waals surface area contributed by atoms with Gasteiger partial charge in [-0.3, -0.25) is 19.4 Å². The second kappa shape index (κ2) is 5.58.